The zero-order valence-corrected chi connectivity index (χ0v) is 26.2. The van der Waals surface area contributed by atoms with Gasteiger partial charge in [-0.15, -0.1) is 0 Å². The van der Waals surface area contributed by atoms with Crippen LogP contribution in [-0.2, 0) is 22.3 Å². The van der Waals surface area contributed by atoms with E-state index >= 15 is 0 Å². The zero-order valence-electron chi connectivity index (χ0n) is 24.5. The van der Waals surface area contributed by atoms with Crippen LogP contribution in [0.15, 0.2) is 34.3 Å². The molecule has 0 saturated carbocycles. The van der Waals surface area contributed by atoms with Gasteiger partial charge in [0.15, 0.2) is 0 Å². The van der Waals surface area contributed by atoms with E-state index in [0.717, 1.165) is 51.7 Å². The Balaban J connectivity index is 1.94. The fourth-order valence-corrected chi connectivity index (χ4v) is 6.23. The fourth-order valence-electron chi connectivity index (χ4n) is 4.18. The first-order valence-electron chi connectivity index (χ1n) is 13.6. The van der Waals surface area contributed by atoms with Crippen LogP contribution in [0.2, 0.25) is 0 Å². The SMILES string of the molecule is CC1(C)C/N=C/c2cc(C(C)(C)C)cc(c2O)CSCCCSCc2cc(C(C)(C)C)cc(c2O)/C=N/C1. The third kappa shape index (κ3) is 8.54. The summed E-state index contributed by atoms with van der Waals surface area (Å²) in [5.74, 6) is 4.29. The summed E-state index contributed by atoms with van der Waals surface area (Å²) >= 11 is 3.72. The number of rotatable bonds is 0. The van der Waals surface area contributed by atoms with E-state index in [2.05, 4.69) is 79.7 Å². The molecule has 2 aromatic rings. The molecule has 0 atom stereocenters. The van der Waals surface area contributed by atoms with Crippen molar-refractivity contribution >= 4 is 36.0 Å². The Morgan fingerprint density at radius 1 is 0.684 bits per heavy atom. The highest BCUT2D eigenvalue weighted by Crippen LogP contribution is 2.35. The summed E-state index contributed by atoms with van der Waals surface area (Å²) in [6, 6.07) is 8.45. The van der Waals surface area contributed by atoms with Crippen molar-refractivity contribution in [3.63, 3.8) is 0 Å². The monoisotopic (exact) mass is 554 g/mol. The van der Waals surface area contributed by atoms with E-state index in [-0.39, 0.29) is 16.2 Å². The van der Waals surface area contributed by atoms with Crippen molar-refractivity contribution in [3.8, 4) is 11.5 Å². The van der Waals surface area contributed by atoms with Crippen LogP contribution in [0.25, 0.3) is 0 Å². The van der Waals surface area contributed by atoms with E-state index in [0.29, 0.717) is 24.6 Å². The van der Waals surface area contributed by atoms with Crippen LogP contribution in [0.5, 0.6) is 11.5 Å². The van der Waals surface area contributed by atoms with Crippen LogP contribution in [0.1, 0.15) is 95.2 Å². The number of fused-ring (bicyclic) bond motifs is 4. The van der Waals surface area contributed by atoms with E-state index in [4.69, 9.17) is 9.98 Å². The van der Waals surface area contributed by atoms with Crippen LogP contribution in [0, 0.1) is 5.41 Å². The summed E-state index contributed by atoms with van der Waals surface area (Å²) in [7, 11) is 0. The summed E-state index contributed by atoms with van der Waals surface area (Å²) in [5, 5.41) is 22.1. The predicted octanol–water partition coefficient (Wildman–Crippen LogP) is 8.13. The van der Waals surface area contributed by atoms with Gasteiger partial charge in [0.2, 0.25) is 0 Å². The molecule has 0 spiro atoms. The minimum atomic E-state index is -0.167. The maximum atomic E-state index is 11.1. The number of aromatic hydroxyl groups is 2. The first-order chi connectivity index (χ1) is 17.7. The molecule has 1 aliphatic rings. The topological polar surface area (TPSA) is 65.2 Å². The molecule has 1 aliphatic heterocycles. The van der Waals surface area contributed by atoms with Gasteiger partial charge in [-0.2, -0.15) is 23.5 Å². The molecule has 4 nitrogen and oxygen atoms in total. The quantitative estimate of drug-likeness (QED) is 0.345. The van der Waals surface area contributed by atoms with Gasteiger partial charge >= 0.3 is 0 Å². The van der Waals surface area contributed by atoms with Crippen molar-refractivity contribution in [2.75, 3.05) is 24.6 Å². The van der Waals surface area contributed by atoms with E-state index in [9.17, 15) is 10.2 Å². The van der Waals surface area contributed by atoms with Crippen molar-refractivity contribution in [3.05, 3.63) is 57.6 Å². The number of aliphatic imine (C=N–C) groups is 2. The minimum absolute atomic E-state index is 0.0115. The van der Waals surface area contributed by atoms with Crippen LogP contribution in [-0.4, -0.2) is 47.2 Å². The third-order valence-electron chi connectivity index (χ3n) is 6.76. The van der Waals surface area contributed by atoms with Gasteiger partial charge in [-0.1, -0.05) is 67.5 Å². The molecule has 0 unspecified atom stereocenters. The molecule has 0 aliphatic carbocycles. The van der Waals surface area contributed by atoms with Crippen molar-refractivity contribution in [1.29, 1.82) is 0 Å². The molecular weight excluding hydrogens is 508 g/mol. The average molecular weight is 555 g/mol. The van der Waals surface area contributed by atoms with Gasteiger partial charge in [0, 0.05) is 64.7 Å². The molecule has 0 radical (unpaired) electrons. The minimum Gasteiger partial charge on any atom is -0.507 e. The number of nitrogens with zero attached hydrogens (tertiary/aromatic N) is 2. The predicted molar refractivity (Wildman–Crippen MR) is 169 cm³/mol. The van der Waals surface area contributed by atoms with Crippen molar-refractivity contribution < 1.29 is 10.2 Å². The Labute approximate surface area is 238 Å². The maximum Gasteiger partial charge on any atom is 0.128 e. The molecule has 0 amide bonds. The molecule has 208 valence electrons. The Morgan fingerprint density at radius 3 is 1.45 bits per heavy atom. The largest absolute Gasteiger partial charge is 0.507 e. The van der Waals surface area contributed by atoms with Gasteiger partial charge in [-0.05, 0) is 52.0 Å². The highest BCUT2D eigenvalue weighted by Gasteiger charge is 2.21. The first kappa shape index (κ1) is 30.6. The lowest BCUT2D eigenvalue weighted by atomic mass is 9.85. The molecule has 38 heavy (non-hydrogen) atoms. The van der Waals surface area contributed by atoms with Crippen LogP contribution >= 0.6 is 23.5 Å². The molecule has 3 rings (SSSR count). The van der Waals surface area contributed by atoms with Crippen LogP contribution < -0.4 is 0 Å². The molecule has 1 heterocycles. The summed E-state index contributed by atoms with van der Waals surface area (Å²) in [4.78, 5) is 9.49. The second-order valence-electron chi connectivity index (χ2n) is 13.2. The highest BCUT2D eigenvalue weighted by atomic mass is 32.2. The van der Waals surface area contributed by atoms with Gasteiger partial charge < -0.3 is 10.2 Å². The maximum absolute atomic E-state index is 11.1. The van der Waals surface area contributed by atoms with E-state index in [1.54, 1.807) is 0 Å². The van der Waals surface area contributed by atoms with Crippen molar-refractivity contribution in [2.45, 2.75) is 84.1 Å². The lowest BCUT2D eigenvalue weighted by Crippen LogP contribution is -2.20. The number of hydrogen-bond acceptors (Lipinski definition) is 6. The molecule has 0 saturated heterocycles. The van der Waals surface area contributed by atoms with E-state index < -0.39 is 0 Å². The van der Waals surface area contributed by atoms with Gasteiger partial charge in [0.25, 0.3) is 0 Å². The molecule has 0 aromatic heterocycles. The molecule has 4 bridgehead atoms. The van der Waals surface area contributed by atoms with Crippen LogP contribution in [0.3, 0.4) is 0 Å². The lowest BCUT2D eigenvalue weighted by molar-refractivity contribution is 0.396. The summed E-state index contributed by atoms with van der Waals surface area (Å²) < 4.78 is 0. The number of thioether (sulfide) groups is 2. The normalized spacial score (nSPS) is 19.5. The Bertz CT molecular complexity index is 1080. The van der Waals surface area contributed by atoms with Gasteiger partial charge in [0.05, 0.1) is 0 Å². The van der Waals surface area contributed by atoms with Gasteiger partial charge in [-0.3, -0.25) is 9.98 Å². The Morgan fingerprint density at radius 2 is 1.08 bits per heavy atom. The Hall–Kier alpha value is -1.92. The molecular formula is C32H46N2O2S2. The standard InChI is InChI=1S/C32H46N2O2S2/c1-30(2,3)26-12-22-16-33-20-32(7,8)21-34-17-23-13-27(31(4,5)6)15-25(29(23)36)19-38-11-9-10-37-18-24(14-26)28(22)35/h12-17,35-36H,9-11,18-21H2,1-8H3/b33-16+,34-17+. The first-order valence-corrected chi connectivity index (χ1v) is 15.9. The smallest absolute Gasteiger partial charge is 0.128 e. The van der Waals surface area contributed by atoms with Crippen molar-refractivity contribution in [2.24, 2.45) is 15.4 Å². The van der Waals surface area contributed by atoms with E-state index in [1.165, 1.54) is 11.1 Å². The molecule has 0 fully saturated rings. The zero-order chi connectivity index (χ0) is 28.1. The molecule has 6 heteroatoms. The Kier molecular flexibility index (Phi) is 10.1. The molecule has 2 N–H and O–H groups in total. The highest BCUT2D eigenvalue weighted by molar-refractivity contribution is 7.99. The van der Waals surface area contributed by atoms with Crippen molar-refractivity contribution in [1.82, 2.24) is 0 Å². The summed E-state index contributed by atoms with van der Waals surface area (Å²) in [6.07, 6.45) is 4.72. The lowest BCUT2D eigenvalue weighted by Gasteiger charge is -2.23. The number of phenols is 2. The van der Waals surface area contributed by atoms with Gasteiger partial charge in [0.1, 0.15) is 11.5 Å². The average Bonchev–Trinajstić information content (AvgIpc) is 2.80. The number of benzene rings is 2. The van der Waals surface area contributed by atoms with Gasteiger partial charge in [-0.25, -0.2) is 0 Å². The summed E-state index contributed by atoms with van der Waals surface area (Å²) in [6.45, 7) is 18.7. The number of phenolic OH excluding ortho intramolecular Hbond substituents is 2. The summed E-state index contributed by atoms with van der Waals surface area (Å²) in [5.41, 5.74) is 5.76. The third-order valence-corrected chi connectivity index (χ3v) is 8.95. The number of hydrogen-bond donors (Lipinski definition) is 2. The van der Waals surface area contributed by atoms with E-state index in [1.807, 2.05) is 36.0 Å². The van der Waals surface area contributed by atoms with Crippen LogP contribution in [0.4, 0.5) is 0 Å². The second-order valence-corrected chi connectivity index (χ2v) is 15.4. The fraction of sp³-hybridized carbons (Fsp3) is 0.562. The molecule has 2 aromatic carbocycles. The second kappa shape index (κ2) is 12.5.